The number of nitriles is 1. The Bertz CT molecular complexity index is 683. The number of hydrogen-bond acceptors (Lipinski definition) is 6. The zero-order valence-electron chi connectivity index (χ0n) is 9.61. The van der Waals surface area contributed by atoms with Gasteiger partial charge < -0.3 is 10.2 Å². The fourth-order valence-electron chi connectivity index (χ4n) is 1.49. The smallest absolute Gasteiger partial charge is 0.399 e. The van der Waals surface area contributed by atoms with Crippen LogP contribution in [0.2, 0.25) is 0 Å². The summed E-state index contributed by atoms with van der Waals surface area (Å²) < 4.78 is 4.96. The van der Waals surface area contributed by atoms with Crippen molar-refractivity contribution in [3.05, 3.63) is 58.1 Å². The minimum atomic E-state index is -0.671. The molecular formula is C12H8N4O3. The lowest BCUT2D eigenvalue weighted by Crippen LogP contribution is -1.99. The quantitative estimate of drug-likeness (QED) is 0.509. The van der Waals surface area contributed by atoms with Crippen molar-refractivity contribution < 1.29 is 9.34 Å². The summed E-state index contributed by atoms with van der Waals surface area (Å²) in [6.45, 7) is 0. The third-order valence-corrected chi connectivity index (χ3v) is 2.39. The molecule has 0 bridgehead atoms. The van der Waals surface area contributed by atoms with Gasteiger partial charge in [0, 0.05) is 12.4 Å². The van der Waals surface area contributed by atoms with Crippen molar-refractivity contribution in [3.8, 4) is 6.07 Å². The molecule has 0 aromatic carbocycles. The summed E-state index contributed by atoms with van der Waals surface area (Å²) in [4.78, 5) is 13.7. The first-order valence-electron chi connectivity index (χ1n) is 5.18. The highest BCUT2D eigenvalue weighted by Crippen LogP contribution is 2.25. The van der Waals surface area contributed by atoms with Gasteiger partial charge in [-0.15, -0.1) is 0 Å². The Labute approximate surface area is 107 Å². The molecule has 2 aromatic rings. The molecule has 0 aliphatic rings. The maximum absolute atomic E-state index is 10.5. The van der Waals surface area contributed by atoms with Crippen molar-refractivity contribution in [2.45, 2.75) is 0 Å². The molecule has 0 amide bonds. The summed E-state index contributed by atoms with van der Waals surface area (Å²) in [5.41, 5.74) is 6.60. The maximum Gasteiger partial charge on any atom is 0.433 e. The summed E-state index contributed by atoms with van der Waals surface area (Å²) in [7, 11) is 0. The lowest BCUT2D eigenvalue weighted by molar-refractivity contribution is -0.402. The normalized spacial score (nSPS) is 11.5. The van der Waals surface area contributed by atoms with Crippen molar-refractivity contribution in [1.29, 1.82) is 5.26 Å². The van der Waals surface area contributed by atoms with E-state index < -0.39 is 10.8 Å². The molecule has 0 radical (unpaired) electrons. The van der Waals surface area contributed by atoms with Gasteiger partial charge in [0.15, 0.2) is 5.76 Å². The van der Waals surface area contributed by atoms with Crippen LogP contribution in [0, 0.1) is 21.4 Å². The molecule has 2 heterocycles. The summed E-state index contributed by atoms with van der Waals surface area (Å²) in [5, 5.41) is 19.7. The molecule has 0 spiro atoms. The van der Waals surface area contributed by atoms with E-state index in [1.54, 1.807) is 12.1 Å². The van der Waals surface area contributed by atoms with Crippen LogP contribution in [-0.4, -0.2) is 9.91 Å². The summed E-state index contributed by atoms with van der Waals surface area (Å²) in [6.07, 6.45) is 3.04. The van der Waals surface area contributed by atoms with Gasteiger partial charge in [0.1, 0.15) is 11.0 Å². The van der Waals surface area contributed by atoms with Gasteiger partial charge in [-0.2, -0.15) is 5.26 Å². The van der Waals surface area contributed by atoms with Crippen molar-refractivity contribution in [2.24, 2.45) is 5.73 Å². The standard InChI is InChI=1S/C12H8N4O3/c13-7-9(8-3-5-15-6-4-8)12(14)10-1-2-11(19-10)16(17)18/h1-6H,14H2/b12-9-. The number of allylic oxidation sites excluding steroid dienone is 1. The molecule has 0 aliphatic heterocycles. The largest absolute Gasteiger partial charge is 0.433 e. The predicted octanol–water partition coefficient (Wildman–Crippen LogP) is 1.93. The number of nitrogens with two attached hydrogens (primary N) is 1. The second-order valence-electron chi connectivity index (χ2n) is 3.53. The first-order chi connectivity index (χ1) is 9.13. The summed E-state index contributed by atoms with van der Waals surface area (Å²) in [6, 6.07) is 7.72. The van der Waals surface area contributed by atoms with E-state index in [4.69, 9.17) is 15.4 Å². The number of rotatable bonds is 3. The van der Waals surface area contributed by atoms with E-state index in [0.717, 1.165) is 0 Å². The summed E-state index contributed by atoms with van der Waals surface area (Å²) in [5.74, 6) is -0.343. The maximum atomic E-state index is 10.5. The van der Waals surface area contributed by atoms with E-state index >= 15 is 0 Å². The zero-order valence-corrected chi connectivity index (χ0v) is 9.61. The molecule has 0 saturated carbocycles. The molecule has 0 unspecified atom stereocenters. The monoisotopic (exact) mass is 256 g/mol. The Morgan fingerprint density at radius 2 is 2.05 bits per heavy atom. The van der Waals surface area contributed by atoms with Crippen LogP contribution in [-0.2, 0) is 0 Å². The molecule has 0 aliphatic carbocycles. The minimum absolute atomic E-state index is 0.0433. The van der Waals surface area contributed by atoms with Crippen molar-refractivity contribution >= 4 is 17.2 Å². The number of pyridine rings is 1. The van der Waals surface area contributed by atoms with Gasteiger partial charge in [0.2, 0.25) is 0 Å². The Balaban J connectivity index is 2.49. The van der Waals surface area contributed by atoms with Crippen molar-refractivity contribution in [3.63, 3.8) is 0 Å². The van der Waals surface area contributed by atoms with Crippen LogP contribution in [0.4, 0.5) is 5.88 Å². The van der Waals surface area contributed by atoms with Crippen LogP contribution < -0.4 is 5.73 Å². The van der Waals surface area contributed by atoms with Crippen molar-refractivity contribution in [1.82, 2.24) is 4.98 Å². The van der Waals surface area contributed by atoms with Gasteiger partial charge in [-0.05, 0) is 23.8 Å². The molecular weight excluding hydrogens is 248 g/mol. The fourth-order valence-corrected chi connectivity index (χ4v) is 1.49. The molecule has 0 fully saturated rings. The van der Waals surface area contributed by atoms with Gasteiger partial charge in [-0.25, -0.2) is 0 Å². The van der Waals surface area contributed by atoms with Crippen LogP contribution in [0.1, 0.15) is 11.3 Å². The highest BCUT2D eigenvalue weighted by Gasteiger charge is 2.16. The second kappa shape index (κ2) is 5.01. The van der Waals surface area contributed by atoms with Crippen molar-refractivity contribution in [2.75, 3.05) is 0 Å². The SMILES string of the molecule is N#C/C(=C(/N)c1ccc([N+](=O)[O-])o1)c1ccncc1. The predicted molar refractivity (Wildman–Crippen MR) is 66.2 cm³/mol. The average molecular weight is 256 g/mol. The van der Waals surface area contributed by atoms with Crippen LogP contribution in [0.5, 0.6) is 0 Å². The molecule has 2 aromatic heterocycles. The highest BCUT2D eigenvalue weighted by molar-refractivity contribution is 5.94. The first-order valence-corrected chi connectivity index (χ1v) is 5.18. The molecule has 94 valence electrons. The molecule has 2 N–H and O–H groups in total. The first kappa shape index (κ1) is 12.3. The molecule has 0 atom stereocenters. The zero-order chi connectivity index (χ0) is 13.8. The molecule has 7 heteroatoms. The Hall–Kier alpha value is -3.14. The number of aromatic nitrogens is 1. The van der Waals surface area contributed by atoms with Gasteiger partial charge in [0.05, 0.1) is 17.3 Å². The molecule has 0 saturated heterocycles. The highest BCUT2D eigenvalue weighted by atomic mass is 16.6. The van der Waals surface area contributed by atoms with E-state index in [1.807, 2.05) is 6.07 Å². The molecule has 7 nitrogen and oxygen atoms in total. The van der Waals surface area contributed by atoms with Crippen LogP contribution in [0.25, 0.3) is 11.3 Å². The molecule has 19 heavy (non-hydrogen) atoms. The third-order valence-electron chi connectivity index (χ3n) is 2.39. The van der Waals surface area contributed by atoms with Gasteiger partial charge in [-0.1, -0.05) is 0 Å². The number of nitrogens with zero attached hydrogens (tertiary/aromatic N) is 3. The van der Waals surface area contributed by atoms with Crippen LogP contribution in [0.15, 0.2) is 41.1 Å². The fraction of sp³-hybridized carbons (Fsp3) is 0. The lowest BCUT2D eigenvalue weighted by atomic mass is 10.1. The van der Waals surface area contributed by atoms with E-state index in [0.29, 0.717) is 5.56 Å². The topological polar surface area (TPSA) is 119 Å². The van der Waals surface area contributed by atoms with Gasteiger partial charge in [0.25, 0.3) is 0 Å². The van der Waals surface area contributed by atoms with E-state index in [-0.39, 0.29) is 17.0 Å². The number of nitro groups is 1. The van der Waals surface area contributed by atoms with E-state index in [1.165, 1.54) is 24.5 Å². The van der Waals surface area contributed by atoms with Crippen LogP contribution >= 0.6 is 0 Å². The average Bonchev–Trinajstić information content (AvgIpc) is 2.90. The lowest BCUT2D eigenvalue weighted by Gasteiger charge is -2.02. The Morgan fingerprint density at radius 3 is 2.58 bits per heavy atom. The molecule has 2 rings (SSSR count). The second-order valence-corrected chi connectivity index (χ2v) is 3.53. The number of hydrogen-bond donors (Lipinski definition) is 1. The number of furan rings is 1. The van der Waals surface area contributed by atoms with Gasteiger partial charge in [-0.3, -0.25) is 15.1 Å². The Kier molecular flexibility index (Phi) is 3.25. The van der Waals surface area contributed by atoms with Gasteiger partial charge >= 0.3 is 5.88 Å². The van der Waals surface area contributed by atoms with Crippen LogP contribution in [0.3, 0.4) is 0 Å². The minimum Gasteiger partial charge on any atom is -0.399 e. The van der Waals surface area contributed by atoms with E-state index in [9.17, 15) is 10.1 Å². The summed E-state index contributed by atoms with van der Waals surface area (Å²) >= 11 is 0. The third kappa shape index (κ3) is 2.42. The Morgan fingerprint density at radius 1 is 1.37 bits per heavy atom. The van der Waals surface area contributed by atoms with E-state index in [2.05, 4.69) is 4.98 Å².